The van der Waals surface area contributed by atoms with Gasteiger partial charge >= 0.3 is 0 Å². The first-order chi connectivity index (χ1) is 7.13. The number of amides is 1. The lowest BCUT2D eigenvalue weighted by molar-refractivity contribution is -0.124. The number of hydrazine groups is 1. The van der Waals surface area contributed by atoms with Crippen LogP contribution in [0, 0.1) is 0 Å². The van der Waals surface area contributed by atoms with Gasteiger partial charge in [-0.15, -0.1) is 0 Å². The summed E-state index contributed by atoms with van der Waals surface area (Å²) in [6.45, 7) is 5.87. The number of rotatable bonds is 4. The molecule has 15 heavy (non-hydrogen) atoms. The van der Waals surface area contributed by atoms with Gasteiger partial charge in [-0.1, -0.05) is 13.8 Å². The Balaban J connectivity index is 3.00. The third-order valence-electron chi connectivity index (χ3n) is 2.48. The molecule has 5 nitrogen and oxygen atoms in total. The first kappa shape index (κ1) is 11.7. The van der Waals surface area contributed by atoms with Crippen LogP contribution in [-0.2, 0) is 17.6 Å². The molecule has 1 amide bonds. The van der Waals surface area contributed by atoms with Gasteiger partial charge in [0, 0.05) is 5.69 Å². The molecule has 1 unspecified atom stereocenters. The quantitative estimate of drug-likeness (QED) is 0.433. The molecular formula is C10H18N4O. The first-order valence-electron chi connectivity index (χ1n) is 5.21. The molecule has 0 saturated heterocycles. The number of nitrogens with two attached hydrogens (primary N) is 1. The summed E-state index contributed by atoms with van der Waals surface area (Å²) < 4.78 is 1.74. The van der Waals surface area contributed by atoms with Crippen LogP contribution in [0.2, 0.25) is 0 Å². The number of aromatic nitrogens is 2. The maximum atomic E-state index is 11.4. The Morgan fingerprint density at radius 3 is 2.73 bits per heavy atom. The summed E-state index contributed by atoms with van der Waals surface area (Å²) >= 11 is 0. The maximum absolute atomic E-state index is 11.4. The number of nitrogens with zero attached hydrogens (tertiary/aromatic N) is 2. The van der Waals surface area contributed by atoms with Crippen LogP contribution in [0.5, 0.6) is 0 Å². The normalized spacial score (nSPS) is 12.5. The molecule has 1 atom stereocenters. The Morgan fingerprint density at radius 2 is 2.27 bits per heavy atom. The molecule has 1 heterocycles. The molecule has 0 fully saturated rings. The summed E-state index contributed by atoms with van der Waals surface area (Å²) in [6.07, 6.45) is 1.73. The number of hydrogen-bond donors (Lipinski definition) is 2. The van der Waals surface area contributed by atoms with Gasteiger partial charge in [-0.25, -0.2) is 5.84 Å². The van der Waals surface area contributed by atoms with E-state index in [-0.39, 0.29) is 11.9 Å². The lowest BCUT2D eigenvalue weighted by atomic mass is 10.2. The zero-order valence-corrected chi connectivity index (χ0v) is 9.45. The van der Waals surface area contributed by atoms with Crippen LogP contribution in [-0.4, -0.2) is 15.7 Å². The fourth-order valence-electron chi connectivity index (χ4n) is 1.49. The van der Waals surface area contributed by atoms with Crippen molar-refractivity contribution in [2.75, 3.05) is 0 Å². The molecule has 1 aromatic rings. The van der Waals surface area contributed by atoms with Crippen molar-refractivity contribution < 1.29 is 4.79 Å². The van der Waals surface area contributed by atoms with Gasteiger partial charge in [-0.05, 0) is 25.8 Å². The highest BCUT2D eigenvalue weighted by Gasteiger charge is 2.17. The van der Waals surface area contributed by atoms with Crippen LogP contribution >= 0.6 is 0 Å². The van der Waals surface area contributed by atoms with E-state index in [1.807, 2.05) is 19.9 Å². The van der Waals surface area contributed by atoms with Crippen molar-refractivity contribution in [3.8, 4) is 0 Å². The van der Waals surface area contributed by atoms with Crippen molar-refractivity contribution in [2.45, 2.75) is 39.7 Å². The van der Waals surface area contributed by atoms with E-state index in [2.05, 4.69) is 10.5 Å². The van der Waals surface area contributed by atoms with Crippen LogP contribution < -0.4 is 11.3 Å². The number of carbonyl (C=O) groups excluding carboxylic acids is 1. The van der Waals surface area contributed by atoms with Gasteiger partial charge in [0.05, 0.1) is 5.69 Å². The fraction of sp³-hybridized carbons (Fsp3) is 0.600. The molecule has 0 aliphatic heterocycles. The molecule has 0 radical (unpaired) electrons. The highest BCUT2D eigenvalue weighted by atomic mass is 16.2. The Labute approximate surface area is 89.6 Å². The second-order valence-corrected chi connectivity index (χ2v) is 3.46. The maximum Gasteiger partial charge on any atom is 0.258 e. The summed E-state index contributed by atoms with van der Waals surface area (Å²) in [6, 6.07) is 1.67. The molecule has 0 spiro atoms. The third-order valence-corrected chi connectivity index (χ3v) is 2.48. The molecule has 0 aromatic carbocycles. The number of carbonyl (C=O) groups is 1. The van der Waals surface area contributed by atoms with E-state index in [4.69, 9.17) is 5.84 Å². The predicted molar refractivity (Wildman–Crippen MR) is 58.0 cm³/mol. The SMILES string of the molecule is CCc1cc(CC)n(C(C)C(=O)NN)n1. The molecule has 1 aromatic heterocycles. The van der Waals surface area contributed by atoms with Gasteiger partial charge in [0.25, 0.3) is 5.91 Å². The summed E-state index contributed by atoms with van der Waals surface area (Å²) in [7, 11) is 0. The highest BCUT2D eigenvalue weighted by Crippen LogP contribution is 2.13. The van der Waals surface area contributed by atoms with Crippen LogP contribution in [0.1, 0.15) is 38.2 Å². The van der Waals surface area contributed by atoms with E-state index in [0.29, 0.717) is 0 Å². The Kier molecular flexibility index (Phi) is 3.85. The van der Waals surface area contributed by atoms with Crippen molar-refractivity contribution in [3.63, 3.8) is 0 Å². The summed E-state index contributed by atoms with van der Waals surface area (Å²) in [5, 5.41) is 4.37. The second-order valence-electron chi connectivity index (χ2n) is 3.46. The van der Waals surface area contributed by atoms with Gasteiger partial charge < -0.3 is 0 Å². The van der Waals surface area contributed by atoms with Crippen LogP contribution in [0.25, 0.3) is 0 Å². The minimum absolute atomic E-state index is 0.226. The van der Waals surface area contributed by atoms with Crippen molar-refractivity contribution in [1.29, 1.82) is 0 Å². The minimum Gasteiger partial charge on any atom is -0.292 e. The average Bonchev–Trinajstić information content (AvgIpc) is 2.69. The van der Waals surface area contributed by atoms with E-state index in [1.165, 1.54) is 0 Å². The van der Waals surface area contributed by atoms with E-state index in [1.54, 1.807) is 11.6 Å². The lowest BCUT2D eigenvalue weighted by Gasteiger charge is -2.13. The van der Waals surface area contributed by atoms with Gasteiger partial charge in [0.2, 0.25) is 0 Å². The Hall–Kier alpha value is -1.36. The predicted octanol–water partition coefficient (Wildman–Crippen LogP) is 0.559. The highest BCUT2D eigenvalue weighted by molar-refractivity contribution is 5.79. The molecule has 0 bridgehead atoms. The van der Waals surface area contributed by atoms with Crippen LogP contribution in [0.4, 0.5) is 0 Å². The van der Waals surface area contributed by atoms with Gasteiger partial charge in [-0.2, -0.15) is 5.10 Å². The Bertz CT molecular complexity index is 345. The lowest BCUT2D eigenvalue weighted by Crippen LogP contribution is -2.36. The van der Waals surface area contributed by atoms with E-state index < -0.39 is 0 Å². The molecule has 0 aliphatic rings. The van der Waals surface area contributed by atoms with Crippen LogP contribution in [0.15, 0.2) is 6.07 Å². The number of aryl methyl sites for hydroxylation is 2. The largest absolute Gasteiger partial charge is 0.292 e. The summed E-state index contributed by atoms with van der Waals surface area (Å²) in [5.41, 5.74) is 4.20. The second kappa shape index (κ2) is 4.93. The fourth-order valence-corrected chi connectivity index (χ4v) is 1.49. The molecule has 1 rings (SSSR count). The van der Waals surface area contributed by atoms with Gasteiger partial charge in [0.1, 0.15) is 6.04 Å². The van der Waals surface area contributed by atoms with Gasteiger partial charge in [-0.3, -0.25) is 14.9 Å². The number of nitrogens with one attached hydrogen (secondary N) is 1. The van der Waals surface area contributed by atoms with Crippen molar-refractivity contribution in [1.82, 2.24) is 15.2 Å². The monoisotopic (exact) mass is 210 g/mol. The summed E-state index contributed by atoms with van der Waals surface area (Å²) in [5.74, 6) is 4.87. The average molecular weight is 210 g/mol. The molecule has 0 aliphatic carbocycles. The smallest absolute Gasteiger partial charge is 0.258 e. The molecule has 0 saturated carbocycles. The standard InChI is InChI=1S/C10H18N4O/c1-4-8-6-9(5-2)14(13-8)7(3)10(15)12-11/h6-7H,4-5,11H2,1-3H3,(H,12,15). The Morgan fingerprint density at radius 1 is 1.60 bits per heavy atom. The van der Waals surface area contributed by atoms with Crippen LogP contribution in [0.3, 0.4) is 0 Å². The topological polar surface area (TPSA) is 72.9 Å². The van der Waals surface area contributed by atoms with E-state index >= 15 is 0 Å². The number of hydrogen-bond acceptors (Lipinski definition) is 3. The molecule has 5 heteroatoms. The molecule has 84 valence electrons. The van der Waals surface area contributed by atoms with E-state index in [0.717, 1.165) is 24.2 Å². The van der Waals surface area contributed by atoms with Crippen molar-refractivity contribution >= 4 is 5.91 Å². The van der Waals surface area contributed by atoms with E-state index in [9.17, 15) is 4.79 Å². The zero-order valence-electron chi connectivity index (χ0n) is 9.45. The van der Waals surface area contributed by atoms with Gasteiger partial charge in [0.15, 0.2) is 0 Å². The molecule has 3 N–H and O–H groups in total. The minimum atomic E-state index is -0.356. The van der Waals surface area contributed by atoms with Crippen molar-refractivity contribution in [2.24, 2.45) is 5.84 Å². The summed E-state index contributed by atoms with van der Waals surface area (Å²) in [4.78, 5) is 11.4. The third kappa shape index (κ3) is 2.36. The van der Waals surface area contributed by atoms with Crippen molar-refractivity contribution in [3.05, 3.63) is 17.5 Å². The zero-order chi connectivity index (χ0) is 11.4. The first-order valence-corrected chi connectivity index (χ1v) is 5.21. The molecular weight excluding hydrogens is 192 g/mol.